The van der Waals surface area contributed by atoms with Crippen molar-refractivity contribution in [2.75, 3.05) is 50.7 Å². The molecule has 1 aliphatic heterocycles. The summed E-state index contributed by atoms with van der Waals surface area (Å²) in [5.74, 6) is 0.791. The maximum atomic E-state index is 5.36. The van der Waals surface area contributed by atoms with Crippen LogP contribution in [0, 0.1) is 0 Å². The van der Waals surface area contributed by atoms with Crippen LogP contribution in [0.3, 0.4) is 0 Å². The van der Waals surface area contributed by atoms with Gasteiger partial charge in [0.05, 0.1) is 12.8 Å². The van der Waals surface area contributed by atoms with E-state index < -0.39 is 0 Å². The van der Waals surface area contributed by atoms with E-state index in [4.69, 9.17) is 4.74 Å². The summed E-state index contributed by atoms with van der Waals surface area (Å²) >= 11 is 0. The third-order valence-corrected chi connectivity index (χ3v) is 3.25. The lowest BCUT2D eigenvalue weighted by Gasteiger charge is -2.34. The fraction of sp³-hybridized carbons (Fsp3) is 0.462. The maximum absolute atomic E-state index is 5.36. The van der Waals surface area contributed by atoms with Crippen molar-refractivity contribution in [2.24, 2.45) is 5.10 Å². The second kappa shape index (κ2) is 5.73. The molecule has 1 N–H and O–H groups in total. The fourth-order valence-corrected chi connectivity index (χ4v) is 2.12. The van der Waals surface area contributed by atoms with E-state index in [9.17, 15) is 0 Å². The molecular formula is C13H20N4O. The quantitative estimate of drug-likeness (QED) is 0.647. The average molecular weight is 248 g/mol. The molecule has 0 spiro atoms. The molecule has 5 heteroatoms. The van der Waals surface area contributed by atoms with Crippen molar-refractivity contribution >= 4 is 18.1 Å². The normalized spacial score (nSPS) is 16.4. The molecule has 1 saturated heterocycles. The summed E-state index contributed by atoms with van der Waals surface area (Å²) < 4.78 is 5.36. The molecule has 0 aromatic heterocycles. The number of nitrogens with one attached hydrogen (secondary N) is 1. The molecule has 1 aliphatic rings. The summed E-state index contributed by atoms with van der Waals surface area (Å²) in [6, 6.07) is 6.10. The van der Waals surface area contributed by atoms with Crippen molar-refractivity contribution in [1.82, 2.24) is 4.90 Å². The van der Waals surface area contributed by atoms with Crippen LogP contribution in [0.25, 0.3) is 0 Å². The van der Waals surface area contributed by atoms with Crippen molar-refractivity contribution < 1.29 is 4.74 Å². The Morgan fingerprint density at radius 3 is 2.61 bits per heavy atom. The molecule has 0 aliphatic carbocycles. The van der Waals surface area contributed by atoms with E-state index in [0.29, 0.717) is 0 Å². The van der Waals surface area contributed by atoms with Crippen LogP contribution in [-0.2, 0) is 0 Å². The summed E-state index contributed by atoms with van der Waals surface area (Å²) in [6.45, 7) is 7.70. The first-order chi connectivity index (χ1) is 8.74. The summed E-state index contributed by atoms with van der Waals surface area (Å²) in [5.41, 5.74) is 4.85. The number of ether oxygens (including phenoxy) is 1. The summed E-state index contributed by atoms with van der Waals surface area (Å²) in [6.07, 6.45) is 0. The zero-order valence-electron chi connectivity index (χ0n) is 11.0. The molecule has 0 amide bonds. The predicted molar refractivity (Wildman–Crippen MR) is 75.9 cm³/mol. The number of anilines is 2. The van der Waals surface area contributed by atoms with E-state index in [1.807, 2.05) is 12.1 Å². The molecule has 1 aromatic carbocycles. The first kappa shape index (κ1) is 12.7. The third-order valence-electron chi connectivity index (χ3n) is 3.25. The zero-order chi connectivity index (χ0) is 13.0. The Hall–Kier alpha value is -1.75. The topological polar surface area (TPSA) is 40.1 Å². The number of hydrogen-bond donors (Lipinski definition) is 1. The lowest BCUT2D eigenvalue weighted by atomic mass is 10.2. The smallest absolute Gasteiger partial charge is 0.145 e. The second-order valence-corrected chi connectivity index (χ2v) is 4.44. The predicted octanol–water partition coefficient (Wildman–Crippen LogP) is 1.47. The van der Waals surface area contributed by atoms with E-state index in [-0.39, 0.29) is 0 Å². The SMILES string of the molecule is C=NNc1ccc(N2CCN(C)CC2)cc1OC. The van der Waals surface area contributed by atoms with Gasteiger partial charge in [0.2, 0.25) is 0 Å². The number of nitrogens with zero attached hydrogens (tertiary/aromatic N) is 3. The minimum Gasteiger partial charge on any atom is -0.494 e. The molecule has 18 heavy (non-hydrogen) atoms. The average Bonchev–Trinajstić information content (AvgIpc) is 2.40. The molecule has 2 rings (SSSR count). The van der Waals surface area contributed by atoms with Gasteiger partial charge in [0.1, 0.15) is 5.75 Å². The Kier molecular flexibility index (Phi) is 4.04. The zero-order valence-corrected chi connectivity index (χ0v) is 11.0. The molecule has 0 unspecified atom stereocenters. The first-order valence-electron chi connectivity index (χ1n) is 6.08. The number of piperazine rings is 1. The highest BCUT2D eigenvalue weighted by Crippen LogP contribution is 2.30. The highest BCUT2D eigenvalue weighted by atomic mass is 16.5. The maximum Gasteiger partial charge on any atom is 0.145 e. The molecule has 1 heterocycles. The van der Waals surface area contributed by atoms with Gasteiger partial charge in [0.25, 0.3) is 0 Å². The lowest BCUT2D eigenvalue weighted by molar-refractivity contribution is 0.312. The van der Waals surface area contributed by atoms with Gasteiger partial charge in [-0.25, -0.2) is 0 Å². The Bertz CT molecular complexity index is 413. The van der Waals surface area contributed by atoms with E-state index in [1.54, 1.807) is 7.11 Å². The Labute approximate surface area is 108 Å². The monoisotopic (exact) mass is 248 g/mol. The number of methoxy groups -OCH3 is 1. The Balaban J connectivity index is 2.16. The molecule has 0 atom stereocenters. The highest BCUT2D eigenvalue weighted by Gasteiger charge is 2.15. The van der Waals surface area contributed by atoms with Crippen LogP contribution in [0.2, 0.25) is 0 Å². The molecule has 1 aromatic rings. The number of hydrogen-bond acceptors (Lipinski definition) is 5. The van der Waals surface area contributed by atoms with Gasteiger partial charge in [-0.2, -0.15) is 5.10 Å². The van der Waals surface area contributed by atoms with Crippen LogP contribution in [0.5, 0.6) is 5.75 Å². The van der Waals surface area contributed by atoms with Gasteiger partial charge in [-0.15, -0.1) is 0 Å². The van der Waals surface area contributed by atoms with Crippen molar-refractivity contribution in [1.29, 1.82) is 0 Å². The molecule has 1 fully saturated rings. The van der Waals surface area contributed by atoms with E-state index in [2.05, 4.69) is 40.2 Å². The summed E-state index contributed by atoms with van der Waals surface area (Å²) in [7, 11) is 3.82. The number of rotatable bonds is 4. The molecule has 0 radical (unpaired) electrons. The standard InChI is InChI=1S/C13H20N4O/c1-14-15-12-5-4-11(10-13(12)18-3)17-8-6-16(2)7-9-17/h4-5,10,15H,1,6-9H2,2-3H3. The largest absolute Gasteiger partial charge is 0.494 e. The van der Waals surface area contributed by atoms with Crippen LogP contribution in [0.15, 0.2) is 23.3 Å². The van der Waals surface area contributed by atoms with Gasteiger partial charge in [-0.1, -0.05) is 0 Å². The summed E-state index contributed by atoms with van der Waals surface area (Å²) in [5, 5.41) is 3.67. The van der Waals surface area contributed by atoms with E-state index in [1.165, 1.54) is 5.69 Å². The first-order valence-corrected chi connectivity index (χ1v) is 6.08. The second-order valence-electron chi connectivity index (χ2n) is 4.44. The van der Waals surface area contributed by atoms with Gasteiger partial charge >= 0.3 is 0 Å². The van der Waals surface area contributed by atoms with Crippen LogP contribution >= 0.6 is 0 Å². The van der Waals surface area contributed by atoms with E-state index in [0.717, 1.165) is 37.6 Å². The van der Waals surface area contributed by atoms with Crippen LogP contribution < -0.4 is 15.1 Å². The van der Waals surface area contributed by atoms with Gasteiger partial charge in [0, 0.05) is 44.7 Å². The lowest BCUT2D eigenvalue weighted by Crippen LogP contribution is -2.44. The number of likely N-dealkylation sites (N-methyl/N-ethyl adjacent to an activating group) is 1. The third kappa shape index (κ3) is 2.73. The van der Waals surface area contributed by atoms with E-state index >= 15 is 0 Å². The van der Waals surface area contributed by atoms with Crippen molar-refractivity contribution in [3.8, 4) is 5.75 Å². The van der Waals surface area contributed by atoms with Gasteiger partial charge in [0.15, 0.2) is 0 Å². The Morgan fingerprint density at radius 2 is 2.00 bits per heavy atom. The fourth-order valence-electron chi connectivity index (χ4n) is 2.12. The molecule has 0 bridgehead atoms. The molecular weight excluding hydrogens is 228 g/mol. The number of hydrazone groups is 1. The van der Waals surface area contributed by atoms with Gasteiger partial charge in [-0.3, -0.25) is 5.43 Å². The minimum atomic E-state index is 0.791. The van der Waals surface area contributed by atoms with Crippen molar-refractivity contribution in [2.45, 2.75) is 0 Å². The minimum absolute atomic E-state index is 0.791. The Morgan fingerprint density at radius 1 is 1.28 bits per heavy atom. The van der Waals surface area contributed by atoms with Crippen molar-refractivity contribution in [3.63, 3.8) is 0 Å². The summed E-state index contributed by atoms with van der Waals surface area (Å²) in [4.78, 5) is 4.71. The molecule has 98 valence electrons. The van der Waals surface area contributed by atoms with Crippen LogP contribution in [0.1, 0.15) is 0 Å². The highest BCUT2D eigenvalue weighted by molar-refractivity contribution is 5.64. The molecule has 5 nitrogen and oxygen atoms in total. The van der Waals surface area contributed by atoms with Crippen molar-refractivity contribution in [3.05, 3.63) is 18.2 Å². The van der Waals surface area contributed by atoms with Crippen LogP contribution in [0.4, 0.5) is 11.4 Å². The van der Waals surface area contributed by atoms with Gasteiger partial charge in [-0.05, 0) is 19.2 Å². The number of benzene rings is 1. The molecule has 0 saturated carbocycles. The van der Waals surface area contributed by atoms with Crippen LogP contribution in [-0.4, -0.2) is 52.0 Å². The van der Waals surface area contributed by atoms with Gasteiger partial charge < -0.3 is 14.5 Å².